The predicted octanol–water partition coefficient (Wildman–Crippen LogP) is 2.85. The molecule has 1 amide bonds. The Morgan fingerprint density at radius 2 is 2.10 bits per heavy atom. The van der Waals surface area contributed by atoms with Crippen LogP contribution < -0.4 is 10.6 Å². The zero-order valence-electron chi connectivity index (χ0n) is 12.4. The highest BCUT2D eigenvalue weighted by Crippen LogP contribution is 2.23. The van der Waals surface area contributed by atoms with Gasteiger partial charge in [0.1, 0.15) is 11.4 Å². The summed E-state index contributed by atoms with van der Waals surface area (Å²) in [5.74, 6) is 0.0236. The minimum atomic E-state index is -0.117. The van der Waals surface area contributed by atoms with Crippen molar-refractivity contribution < 1.29 is 9.90 Å². The molecule has 1 heterocycles. The number of anilines is 2. The van der Waals surface area contributed by atoms with Crippen LogP contribution in [0.1, 0.15) is 30.8 Å². The highest BCUT2D eigenvalue weighted by molar-refractivity contribution is 6.05. The molecule has 1 aromatic carbocycles. The molecule has 0 aliphatic rings. The van der Waals surface area contributed by atoms with Gasteiger partial charge in [0, 0.05) is 31.0 Å². The summed E-state index contributed by atoms with van der Waals surface area (Å²) in [6.45, 7) is 5.21. The second-order valence-electron chi connectivity index (χ2n) is 4.92. The van der Waals surface area contributed by atoms with Gasteiger partial charge in [0.05, 0.1) is 5.69 Å². The maximum atomic E-state index is 12.8. The Morgan fingerprint density at radius 1 is 1.33 bits per heavy atom. The summed E-state index contributed by atoms with van der Waals surface area (Å²) in [6.07, 6.45) is 2.71. The number of nitrogens with two attached hydrogens (primary N) is 1. The van der Waals surface area contributed by atoms with Gasteiger partial charge in [-0.05, 0) is 31.5 Å². The third kappa shape index (κ3) is 3.18. The van der Waals surface area contributed by atoms with Gasteiger partial charge in [0.25, 0.3) is 5.91 Å². The Kier molecular flexibility index (Phi) is 4.52. The molecular formula is C16H21N3O2. The van der Waals surface area contributed by atoms with Crippen LogP contribution in [0.15, 0.2) is 36.5 Å². The molecule has 5 heteroatoms. The number of nitrogens with zero attached hydrogens (tertiary/aromatic N) is 2. The Labute approximate surface area is 124 Å². The van der Waals surface area contributed by atoms with Crippen LogP contribution in [0.3, 0.4) is 0 Å². The molecule has 2 rings (SSSR count). The van der Waals surface area contributed by atoms with Crippen molar-refractivity contribution in [3.05, 3.63) is 42.2 Å². The van der Waals surface area contributed by atoms with E-state index in [1.807, 2.05) is 11.5 Å². The molecule has 0 bridgehead atoms. The Hall–Kier alpha value is -2.43. The monoisotopic (exact) mass is 287 g/mol. The number of amides is 1. The molecule has 0 unspecified atom stereocenters. The molecule has 0 saturated carbocycles. The van der Waals surface area contributed by atoms with Crippen molar-refractivity contribution in [2.24, 2.45) is 0 Å². The highest BCUT2D eigenvalue weighted by atomic mass is 16.3. The van der Waals surface area contributed by atoms with Gasteiger partial charge in [0.15, 0.2) is 0 Å². The van der Waals surface area contributed by atoms with Crippen LogP contribution in [0.25, 0.3) is 0 Å². The number of carbonyl (C=O) groups is 1. The van der Waals surface area contributed by atoms with Crippen LogP contribution >= 0.6 is 0 Å². The molecule has 0 saturated heterocycles. The van der Waals surface area contributed by atoms with Gasteiger partial charge >= 0.3 is 0 Å². The van der Waals surface area contributed by atoms with E-state index in [1.165, 1.54) is 0 Å². The Morgan fingerprint density at radius 3 is 2.71 bits per heavy atom. The van der Waals surface area contributed by atoms with Gasteiger partial charge < -0.3 is 20.3 Å². The van der Waals surface area contributed by atoms with Crippen LogP contribution in [0, 0.1) is 0 Å². The number of aryl methyl sites for hydroxylation is 1. The standard InChI is InChI=1S/C16H21N3O2/c1-3-8-18-11-12(17)9-15(18)16(21)19(4-2)13-6-5-7-14(20)10-13/h5-7,9-11,20H,3-4,8,17H2,1-2H3. The zero-order valence-corrected chi connectivity index (χ0v) is 12.4. The molecule has 0 aliphatic carbocycles. The van der Waals surface area contributed by atoms with Gasteiger partial charge in [-0.15, -0.1) is 0 Å². The Balaban J connectivity index is 2.36. The minimum absolute atomic E-state index is 0.117. The summed E-state index contributed by atoms with van der Waals surface area (Å²) in [5.41, 5.74) is 7.64. The van der Waals surface area contributed by atoms with E-state index in [0.717, 1.165) is 13.0 Å². The smallest absolute Gasteiger partial charge is 0.274 e. The quantitative estimate of drug-likeness (QED) is 0.888. The summed E-state index contributed by atoms with van der Waals surface area (Å²) in [5, 5.41) is 9.59. The number of hydrogen-bond acceptors (Lipinski definition) is 3. The maximum absolute atomic E-state index is 12.8. The molecule has 0 aliphatic heterocycles. The first-order chi connectivity index (χ1) is 10.1. The number of aromatic hydroxyl groups is 1. The number of rotatable bonds is 5. The van der Waals surface area contributed by atoms with Gasteiger partial charge in [-0.1, -0.05) is 13.0 Å². The zero-order chi connectivity index (χ0) is 15.4. The summed E-state index contributed by atoms with van der Waals surface area (Å²) >= 11 is 0. The maximum Gasteiger partial charge on any atom is 0.274 e. The second-order valence-corrected chi connectivity index (χ2v) is 4.92. The van der Waals surface area contributed by atoms with E-state index < -0.39 is 0 Å². The lowest BCUT2D eigenvalue weighted by atomic mass is 10.2. The number of aromatic nitrogens is 1. The molecule has 3 N–H and O–H groups in total. The Bertz CT molecular complexity index is 634. The molecule has 0 spiro atoms. The van der Waals surface area contributed by atoms with Crippen LogP contribution in [0.5, 0.6) is 5.75 Å². The van der Waals surface area contributed by atoms with Gasteiger partial charge in [-0.3, -0.25) is 4.79 Å². The number of phenolic OH excluding ortho intramolecular Hbond substituents is 1. The summed E-state index contributed by atoms with van der Waals surface area (Å²) in [4.78, 5) is 14.4. The van der Waals surface area contributed by atoms with Gasteiger partial charge in [-0.2, -0.15) is 0 Å². The van der Waals surface area contributed by atoms with Gasteiger partial charge in [0.2, 0.25) is 0 Å². The molecule has 1 aromatic heterocycles. The van der Waals surface area contributed by atoms with Crippen LogP contribution in [-0.2, 0) is 6.54 Å². The largest absolute Gasteiger partial charge is 0.508 e. The van der Waals surface area contributed by atoms with E-state index in [4.69, 9.17) is 5.73 Å². The van der Waals surface area contributed by atoms with Gasteiger partial charge in [-0.25, -0.2) is 0 Å². The molecular weight excluding hydrogens is 266 g/mol. The summed E-state index contributed by atoms with van der Waals surface area (Å²) < 4.78 is 1.88. The topological polar surface area (TPSA) is 71.5 Å². The highest BCUT2D eigenvalue weighted by Gasteiger charge is 2.20. The summed E-state index contributed by atoms with van der Waals surface area (Å²) in [7, 11) is 0. The second kappa shape index (κ2) is 6.35. The lowest BCUT2D eigenvalue weighted by molar-refractivity contribution is 0.0979. The third-order valence-electron chi connectivity index (χ3n) is 3.30. The number of phenols is 1. The number of carbonyl (C=O) groups excluding carboxylic acids is 1. The van der Waals surface area contributed by atoms with Crippen LogP contribution in [-0.4, -0.2) is 22.1 Å². The SMILES string of the molecule is CCCn1cc(N)cc1C(=O)N(CC)c1cccc(O)c1. The minimum Gasteiger partial charge on any atom is -0.508 e. The van der Waals surface area contributed by atoms with E-state index in [0.29, 0.717) is 23.6 Å². The van der Waals surface area contributed by atoms with Crippen molar-refractivity contribution in [3.8, 4) is 5.75 Å². The fourth-order valence-corrected chi connectivity index (χ4v) is 2.38. The first kappa shape index (κ1) is 15.0. The average molecular weight is 287 g/mol. The van der Waals surface area contributed by atoms with Crippen molar-refractivity contribution in [2.45, 2.75) is 26.8 Å². The molecule has 2 aromatic rings. The number of benzene rings is 1. The van der Waals surface area contributed by atoms with E-state index in [1.54, 1.807) is 41.4 Å². The first-order valence-corrected chi connectivity index (χ1v) is 7.13. The van der Waals surface area contributed by atoms with Crippen molar-refractivity contribution in [3.63, 3.8) is 0 Å². The number of hydrogen-bond donors (Lipinski definition) is 2. The molecule has 0 fully saturated rings. The third-order valence-corrected chi connectivity index (χ3v) is 3.30. The van der Waals surface area contributed by atoms with Crippen molar-refractivity contribution in [1.82, 2.24) is 4.57 Å². The van der Waals surface area contributed by atoms with Crippen LogP contribution in [0.2, 0.25) is 0 Å². The van der Waals surface area contributed by atoms with E-state index in [-0.39, 0.29) is 11.7 Å². The fraction of sp³-hybridized carbons (Fsp3) is 0.312. The lowest BCUT2D eigenvalue weighted by Gasteiger charge is -2.22. The van der Waals surface area contributed by atoms with Crippen molar-refractivity contribution >= 4 is 17.3 Å². The lowest BCUT2D eigenvalue weighted by Crippen LogP contribution is -2.32. The van der Waals surface area contributed by atoms with E-state index in [9.17, 15) is 9.90 Å². The molecule has 5 nitrogen and oxygen atoms in total. The fourth-order valence-electron chi connectivity index (χ4n) is 2.38. The van der Waals surface area contributed by atoms with Crippen LogP contribution in [0.4, 0.5) is 11.4 Å². The molecule has 112 valence electrons. The van der Waals surface area contributed by atoms with Crippen molar-refractivity contribution in [1.29, 1.82) is 0 Å². The normalized spacial score (nSPS) is 10.6. The molecule has 0 atom stereocenters. The number of nitrogen functional groups attached to an aromatic ring is 1. The summed E-state index contributed by atoms with van der Waals surface area (Å²) in [6, 6.07) is 8.39. The molecule has 21 heavy (non-hydrogen) atoms. The average Bonchev–Trinajstić information content (AvgIpc) is 2.81. The first-order valence-electron chi connectivity index (χ1n) is 7.13. The van der Waals surface area contributed by atoms with E-state index in [2.05, 4.69) is 6.92 Å². The van der Waals surface area contributed by atoms with Crippen molar-refractivity contribution in [2.75, 3.05) is 17.2 Å². The van der Waals surface area contributed by atoms with E-state index >= 15 is 0 Å². The molecule has 0 radical (unpaired) electrons. The predicted molar refractivity (Wildman–Crippen MR) is 84.6 cm³/mol.